The third-order valence-corrected chi connectivity index (χ3v) is 5.01. The van der Waals surface area contributed by atoms with Gasteiger partial charge in [-0.05, 0) is 48.2 Å². The first-order valence-electron chi connectivity index (χ1n) is 8.61. The number of carbonyl (C=O) groups excluding carboxylic acids is 1. The SMILES string of the molecule is C[C@@H](c1c[nH]c(=O)c2ccccc12)N(C)C(=O)c1cc2cc(F)ccc2[nH]1. The van der Waals surface area contributed by atoms with Crippen molar-refractivity contribution >= 4 is 27.6 Å². The predicted octanol–water partition coefficient (Wildman–Crippen LogP) is 3.98. The van der Waals surface area contributed by atoms with Crippen molar-refractivity contribution in [1.29, 1.82) is 0 Å². The summed E-state index contributed by atoms with van der Waals surface area (Å²) < 4.78 is 13.4. The smallest absolute Gasteiger partial charge is 0.270 e. The predicted molar refractivity (Wildman–Crippen MR) is 103 cm³/mol. The summed E-state index contributed by atoms with van der Waals surface area (Å²) in [4.78, 5) is 32.4. The van der Waals surface area contributed by atoms with Crippen molar-refractivity contribution in [2.24, 2.45) is 0 Å². The van der Waals surface area contributed by atoms with E-state index in [9.17, 15) is 14.0 Å². The van der Waals surface area contributed by atoms with Gasteiger partial charge in [-0.2, -0.15) is 0 Å². The number of pyridine rings is 1. The maximum Gasteiger partial charge on any atom is 0.270 e. The second-order valence-corrected chi connectivity index (χ2v) is 6.63. The molecule has 0 saturated heterocycles. The topological polar surface area (TPSA) is 69.0 Å². The average Bonchev–Trinajstić information content (AvgIpc) is 3.10. The van der Waals surface area contributed by atoms with Gasteiger partial charge in [-0.1, -0.05) is 18.2 Å². The molecule has 2 N–H and O–H groups in total. The number of hydrogen-bond donors (Lipinski definition) is 2. The van der Waals surface area contributed by atoms with Crippen LogP contribution in [0.2, 0.25) is 0 Å². The first-order chi connectivity index (χ1) is 13.0. The van der Waals surface area contributed by atoms with Crippen LogP contribution in [0.15, 0.2) is 59.5 Å². The van der Waals surface area contributed by atoms with Crippen molar-refractivity contribution in [3.8, 4) is 0 Å². The number of aromatic nitrogens is 2. The summed E-state index contributed by atoms with van der Waals surface area (Å²) in [5, 5.41) is 2.05. The van der Waals surface area contributed by atoms with Crippen LogP contribution in [0.4, 0.5) is 4.39 Å². The van der Waals surface area contributed by atoms with Gasteiger partial charge >= 0.3 is 0 Å². The van der Waals surface area contributed by atoms with Crippen LogP contribution in [-0.4, -0.2) is 27.8 Å². The minimum absolute atomic E-state index is 0.159. The van der Waals surface area contributed by atoms with Gasteiger partial charge in [0.1, 0.15) is 11.5 Å². The Bertz CT molecular complexity index is 1230. The van der Waals surface area contributed by atoms with Gasteiger partial charge in [0.2, 0.25) is 0 Å². The second-order valence-electron chi connectivity index (χ2n) is 6.63. The number of nitrogens with zero attached hydrogens (tertiary/aromatic N) is 1. The third kappa shape index (κ3) is 2.89. The second kappa shape index (κ2) is 6.39. The van der Waals surface area contributed by atoms with Crippen molar-refractivity contribution in [2.45, 2.75) is 13.0 Å². The van der Waals surface area contributed by atoms with E-state index in [1.54, 1.807) is 36.3 Å². The molecule has 0 aliphatic heterocycles. The van der Waals surface area contributed by atoms with E-state index >= 15 is 0 Å². The van der Waals surface area contributed by atoms with Gasteiger partial charge in [-0.3, -0.25) is 9.59 Å². The minimum atomic E-state index is -0.345. The molecule has 0 fully saturated rings. The maximum atomic E-state index is 13.4. The Kier molecular flexibility index (Phi) is 4.03. The summed E-state index contributed by atoms with van der Waals surface area (Å²) in [5.74, 6) is -0.559. The highest BCUT2D eigenvalue weighted by atomic mass is 19.1. The Labute approximate surface area is 154 Å². The van der Waals surface area contributed by atoms with Crippen LogP contribution < -0.4 is 5.56 Å². The third-order valence-electron chi connectivity index (χ3n) is 5.01. The molecule has 0 saturated carbocycles. The molecular weight excluding hydrogens is 345 g/mol. The Morgan fingerprint density at radius 3 is 2.63 bits per heavy atom. The van der Waals surface area contributed by atoms with Gasteiger partial charge in [-0.15, -0.1) is 0 Å². The lowest BCUT2D eigenvalue weighted by molar-refractivity contribution is 0.0738. The van der Waals surface area contributed by atoms with Crippen LogP contribution in [0, 0.1) is 5.82 Å². The molecule has 0 aliphatic rings. The van der Waals surface area contributed by atoms with Crippen LogP contribution in [0.5, 0.6) is 0 Å². The van der Waals surface area contributed by atoms with Crippen molar-refractivity contribution in [3.63, 3.8) is 0 Å². The van der Waals surface area contributed by atoms with Gasteiger partial charge in [0.25, 0.3) is 11.5 Å². The number of hydrogen-bond acceptors (Lipinski definition) is 2. The van der Waals surface area contributed by atoms with E-state index in [1.807, 2.05) is 25.1 Å². The van der Waals surface area contributed by atoms with E-state index in [-0.39, 0.29) is 23.3 Å². The average molecular weight is 363 g/mol. The molecule has 27 heavy (non-hydrogen) atoms. The summed E-state index contributed by atoms with van der Waals surface area (Å²) in [7, 11) is 1.71. The number of aromatic amines is 2. The molecule has 1 atom stereocenters. The number of amides is 1. The molecule has 5 nitrogen and oxygen atoms in total. The first-order valence-corrected chi connectivity index (χ1v) is 8.61. The summed E-state index contributed by atoms with van der Waals surface area (Å²) in [6.45, 7) is 1.90. The fraction of sp³-hybridized carbons (Fsp3) is 0.143. The van der Waals surface area contributed by atoms with Crippen molar-refractivity contribution < 1.29 is 9.18 Å². The molecule has 0 unspecified atom stereocenters. The fourth-order valence-electron chi connectivity index (χ4n) is 3.37. The van der Waals surface area contributed by atoms with Gasteiger partial charge in [-0.25, -0.2) is 4.39 Å². The molecule has 0 bridgehead atoms. The van der Waals surface area contributed by atoms with Gasteiger partial charge < -0.3 is 14.9 Å². The molecule has 2 heterocycles. The van der Waals surface area contributed by atoms with Crippen LogP contribution >= 0.6 is 0 Å². The molecule has 2 aromatic heterocycles. The Hall–Kier alpha value is -3.41. The lowest BCUT2D eigenvalue weighted by Crippen LogP contribution is -2.30. The van der Waals surface area contributed by atoms with Crippen LogP contribution in [0.25, 0.3) is 21.7 Å². The van der Waals surface area contributed by atoms with Crippen LogP contribution in [0.3, 0.4) is 0 Å². The standard InChI is InChI=1S/C21H18FN3O2/c1-12(17-11-23-20(26)16-6-4-3-5-15(16)17)25(2)21(27)19-10-13-9-14(22)7-8-18(13)24-19/h3-12,24H,1-2H3,(H,23,26)/t12-/m0/s1. The van der Waals surface area contributed by atoms with Crippen molar-refractivity contribution in [3.05, 3.63) is 82.2 Å². The van der Waals surface area contributed by atoms with E-state index in [4.69, 9.17) is 0 Å². The molecule has 2 aromatic carbocycles. The monoisotopic (exact) mass is 363 g/mol. The highest BCUT2D eigenvalue weighted by molar-refractivity contribution is 5.98. The fourth-order valence-corrected chi connectivity index (χ4v) is 3.37. The number of fused-ring (bicyclic) bond motifs is 2. The molecule has 1 amide bonds. The largest absolute Gasteiger partial charge is 0.351 e. The molecular formula is C21H18FN3O2. The number of nitrogens with one attached hydrogen (secondary N) is 2. The van der Waals surface area contributed by atoms with E-state index < -0.39 is 0 Å². The summed E-state index contributed by atoms with van der Waals surface area (Å²) in [6, 6.07) is 13.0. The number of rotatable bonds is 3. The van der Waals surface area contributed by atoms with Crippen molar-refractivity contribution in [1.82, 2.24) is 14.9 Å². The lowest BCUT2D eigenvalue weighted by atomic mass is 10.0. The highest BCUT2D eigenvalue weighted by Gasteiger charge is 2.22. The van der Waals surface area contributed by atoms with E-state index in [0.717, 1.165) is 10.9 Å². The Morgan fingerprint density at radius 1 is 1.11 bits per heavy atom. The molecule has 4 rings (SSSR count). The quantitative estimate of drug-likeness (QED) is 0.578. The summed E-state index contributed by atoms with van der Waals surface area (Å²) >= 11 is 0. The Balaban J connectivity index is 1.71. The lowest BCUT2D eigenvalue weighted by Gasteiger charge is -2.25. The molecule has 0 spiro atoms. The summed E-state index contributed by atoms with van der Waals surface area (Å²) in [5.41, 5.74) is 1.78. The minimum Gasteiger partial charge on any atom is -0.351 e. The highest BCUT2D eigenvalue weighted by Crippen LogP contribution is 2.27. The molecule has 0 aliphatic carbocycles. The molecule has 4 aromatic rings. The molecule has 0 radical (unpaired) electrons. The van der Waals surface area contributed by atoms with Crippen molar-refractivity contribution in [2.75, 3.05) is 7.05 Å². The maximum absolute atomic E-state index is 13.4. The normalized spacial score (nSPS) is 12.4. The van der Waals surface area contributed by atoms with Gasteiger partial charge in [0, 0.05) is 29.5 Å². The molecule has 6 heteroatoms. The zero-order chi connectivity index (χ0) is 19.1. The molecule has 136 valence electrons. The number of carbonyl (C=O) groups is 1. The Morgan fingerprint density at radius 2 is 1.85 bits per heavy atom. The zero-order valence-corrected chi connectivity index (χ0v) is 14.9. The van der Waals surface area contributed by atoms with Crippen LogP contribution in [-0.2, 0) is 0 Å². The van der Waals surface area contributed by atoms with Gasteiger partial charge in [0.15, 0.2) is 0 Å². The number of halogens is 1. The number of benzene rings is 2. The summed E-state index contributed by atoms with van der Waals surface area (Å²) in [6.07, 6.45) is 1.65. The van der Waals surface area contributed by atoms with Crippen LogP contribution in [0.1, 0.15) is 29.0 Å². The van der Waals surface area contributed by atoms with E-state index in [2.05, 4.69) is 9.97 Å². The first kappa shape index (κ1) is 17.0. The van der Waals surface area contributed by atoms with E-state index in [1.165, 1.54) is 12.1 Å². The zero-order valence-electron chi connectivity index (χ0n) is 14.9. The number of H-pyrrole nitrogens is 2. The van der Waals surface area contributed by atoms with E-state index in [0.29, 0.717) is 22.0 Å². The van der Waals surface area contributed by atoms with Gasteiger partial charge in [0.05, 0.1) is 6.04 Å².